The summed E-state index contributed by atoms with van der Waals surface area (Å²) in [4.78, 5) is 39.1. The number of anilines is 1. The van der Waals surface area contributed by atoms with Crippen LogP contribution in [0.2, 0.25) is 0 Å². The van der Waals surface area contributed by atoms with Gasteiger partial charge in [0.2, 0.25) is 15.9 Å². The number of esters is 1. The molecular formula is C26H26N2O6S. The van der Waals surface area contributed by atoms with Crippen molar-refractivity contribution in [3.8, 4) is 0 Å². The highest BCUT2D eigenvalue weighted by Gasteiger charge is 2.48. The average Bonchev–Trinajstić information content (AvgIpc) is 3.16. The van der Waals surface area contributed by atoms with Gasteiger partial charge in [-0.2, -0.15) is 4.31 Å². The fraction of sp³-hybridized carbons (Fsp3) is 0.269. The number of benzene rings is 3. The largest absolute Gasteiger partial charge is 0.465 e. The standard InChI is InChI=1S/C26H26N2O6S/c1-4-17(2)28(35(32,33)22-14-11-18-7-5-6-8-20(18)15-22)23-16-24(29)27(25(23)30)21-12-9-19(10-13-21)26(31)34-3/h5-15,17,23H,4,16H2,1-3H3. The SMILES string of the molecule is CCC(C)N(C1CC(=O)N(c2ccc(C(=O)OC)cc2)C1=O)S(=O)(=O)c1ccc2ccccc2c1. The number of hydrogen-bond acceptors (Lipinski definition) is 6. The van der Waals surface area contributed by atoms with Crippen LogP contribution in [0.1, 0.15) is 37.0 Å². The first-order valence-corrected chi connectivity index (χ1v) is 12.7. The van der Waals surface area contributed by atoms with Crippen LogP contribution in [-0.2, 0) is 24.3 Å². The quantitative estimate of drug-likeness (QED) is 0.366. The van der Waals surface area contributed by atoms with E-state index in [1.807, 2.05) is 31.2 Å². The van der Waals surface area contributed by atoms with Crippen LogP contribution in [0.3, 0.4) is 0 Å². The summed E-state index contributed by atoms with van der Waals surface area (Å²) in [7, 11) is -2.84. The molecule has 0 aromatic heterocycles. The highest BCUT2D eigenvalue weighted by molar-refractivity contribution is 7.89. The van der Waals surface area contributed by atoms with Crippen molar-refractivity contribution in [3.05, 3.63) is 72.3 Å². The summed E-state index contributed by atoms with van der Waals surface area (Å²) in [5, 5.41) is 1.66. The topological polar surface area (TPSA) is 101 Å². The second-order valence-corrected chi connectivity index (χ2v) is 10.3. The van der Waals surface area contributed by atoms with Crippen LogP contribution >= 0.6 is 0 Å². The minimum Gasteiger partial charge on any atom is -0.465 e. The van der Waals surface area contributed by atoms with E-state index in [1.54, 1.807) is 19.1 Å². The number of carbonyl (C=O) groups is 3. The molecular weight excluding hydrogens is 468 g/mol. The number of imide groups is 1. The van der Waals surface area contributed by atoms with Crippen molar-refractivity contribution >= 4 is 44.3 Å². The first-order valence-electron chi connectivity index (χ1n) is 11.3. The van der Waals surface area contributed by atoms with E-state index in [9.17, 15) is 22.8 Å². The van der Waals surface area contributed by atoms with Crippen molar-refractivity contribution in [2.24, 2.45) is 0 Å². The first-order chi connectivity index (χ1) is 16.7. The highest BCUT2D eigenvalue weighted by atomic mass is 32.2. The molecule has 1 fully saturated rings. The van der Waals surface area contributed by atoms with Crippen LogP contribution in [0.15, 0.2) is 71.6 Å². The number of ether oxygens (including phenoxy) is 1. The number of hydrogen-bond donors (Lipinski definition) is 0. The van der Waals surface area contributed by atoms with Crippen LogP contribution < -0.4 is 4.90 Å². The minimum atomic E-state index is -4.10. The summed E-state index contributed by atoms with van der Waals surface area (Å²) >= 11 is 0. The number of nitrogens with zero attached hydrogens (tertiary/aromatic N) is 2. The smallest absolute Gasteiger partial charge is 0.337 e. The second-order valence-electron chi connectivity index (χ2n) is 8.43. The summed E-state index contributed by atoms with van der Waals surface area (Å²) in [6.45, 7) is 3.56. The van der Waals surface area contributed by atoms with Crippen molar-refractivity contribution < 1.29 is 27.5 Å². The lowest BCUT2D eigenvalue weighted by Gasteiger charge is -2.31. The van der Waals surface area contributed by atoms with E-state index in [2.05, 4.69) is 4.74 Å². The maximum atomic E-state index is 13.8. The number of sulfonamides is 1. The zero-order valence-electron chi connectivity index (χ0n) is 19.7. The van der Waals surface area contributed by atoms with E-state index >= 15 is 0 Å². The van der Waals surface area contributed by atoms with Gasteiger partial charge in [-0.1, -0.05) is 37.3 Å². The summed E-state index contributed by atoms with van der Waals surface area (Å²) in [6, 6.07) is 16.4. The third kappa shape index (κ3) is 4.44. The van der Waals surface area contributed by atoms with E-state index < -0.39 is 39.9 Å². The number of rotatable bonds is 7. The average molecular weight is 495 g/mol. The molecule has 1 aliphatic heterocycles. The van der Waals surface area contributed by atoms with Gasteiger partial charge in [-0.15, -0.1) is 0 Å². The molecule has 182 valence electrons. The van der Waals surface area contributed by atoms with E-state index in [1.165, 1.54) is 41.7 Å². The van der Waals surface area contributed by atoms with Gasteiger partial charge in [-0.25, -0.2) is 18.1 Å². The maximum Gasteiger partial charge on any atom is 0.337 e. The molecule has 2 atom stereocenters. The molecule has 0 radical (unpaired) electrons. The van der Waals surface area contributed by atoms with E-state index in [-0.39, 0.29) is 22.6 Å². The molecule has 2 amide bonds. The molecule has 1 heterocycles. The zero-order valence-corrected chi connectivity index (χ0v) is 20.5. The molecule has 8 nitrogen and oxygen atoms in total. The lowest BCUT2D eigenvalue weighted by molar-refractivity contribution is -0.122. The van der Waals surface area contributed by atoms with E-state index in [4.69, 9.17) is 0 Å². The van der Waals surface area contributed by atoms with Crippen molar-refractivity contribution in [1.29, 1.82) is 0 Å². The van der Waals surface area contributed by atoms with Crippen LogP contribution in [-0.4, -0.2) is 49.7 Å². The Morgan fingerprint density at radius 1 is 1.06 bits per heavy atom. The molecule has 35 heavy (non-hydrogen) atoms. The van der Waals surface area contributed by atoms with Gasteiger partial charge in [-0.05, 0) is 60.5 Å². The Morgan fingerprint density at radius 3 is 2.34 bits per heavy atom. The Labute approximate surface area is 204 Å². The van der Waals surface area contributed by atoms with Crippen molar-refractivity contribution in [2.75, 3.05) is 12.0 Å². The summed E-state index contributed by atoms with van der Waals surface area (Å²) in [6.07, 6.45) is 0.188. The lowest BCUT2D eigenvalue weighted by Crippen LogP contribution is -2.49. The molecule has 0 aliphatic carbocycles. The predicted molar refractivity (Wildman–Crippen MR) is 131 cm³/mol. The highest BCUT2D eigenvalue weighted by Crippen LogP contribution is 2.32. The van der Waals surface area contributed by atoms with Crippen molar-refractivity contribution in [3.63, 3.8) is 0 Å². The van der Waals surface area contributed by atoms with E-state index in [0.717, 1.165) is 15.7 Å². The van der Waals surface area contributed by atoms with Gasteiger partial charge in [0.25, 0.3) is 5.91 Å². The molecule has 9 heteroatoms. The molecule has 4 rings (SSSR count). The third-order valence-electron chi connectivity index (χ3n) is 6.30. The van der Waals surface area contributed by atoms with Crippen molar-refractivity contribution in [2.45, 2.75) is 43.7 Å². The van der Waals surface area contributed by atoms with Gasteiger partial charge in [0, 0.05) is 6.04 Å². The van der Waals surface area contributed by atoms with Gasteiger partial charge in [-0.3, -0.25) is 9.59 Å². The fourth-order valence-corrected chi connectivity index (χ4v) is 6.17. The van der Waals surface area contributed by atoms with Gasteiger partial charge in [0.1, 0.15) is 6.04 Å². The number of methoxy groups -OCH3 is 1. The van der Waals surface area contributed by atoms with Gasteiger partial charge >= 0.3 is 5.97 Å². The molecule has 2 unspecified atom stereocenters. The molecule has 0 spiro atoms. The molecule has 3 aromatic rings. The second kappa shape index (κ2) is 9.59. The molecule has 0 bridgehead atoms. The van der Waals surface area contributed by atoms with Crippen molar-refractivity contribution in [1.82, 2.24) is 4.31 Å². The third-order valence-corrected chi connectivity index (χ3v) is 8.32. The van der Waals surface area contributed by atoms with Crippen LogP contribution in [0, 0.1) is 0 Å². The molecule has 3 aromatic carbocycles. The summed E-state index contributed by atoms with van der Waals surface area (Å²) in [5.74, 6) is -1.67. The Kier molecular flexibility index (Phi) is 6.73. The minimum absolute atomic E-state index is 0.0672. The number of carbonyl (C=O) groups excluding carboxylic acids is 3. The maximum absolute atomic E-state index is 13.8. The summed E-state index contributed by atoms with van der Waals surface area (Å²) in [5.41, 5.74) is 0.536. The Morgan fingerprint density at radius 2 is 1.71 bits per heavy atom. The Balaban J connectivity index is 1.71. The summed E-state index contributed by atoms with van der Waals surface area (Å²) < 4.78 is 33.5. The Hall–Kier alpha value is -3.56. The molecule has 1 aliphatic rings. The van der Waals surface area contributed by atoms with Gasteiger partial charge < -0.3 is 4.74 Å². The van der Waals surface area contributed by atoms with Gasteiger partial charge in [0.05, 0.1) is 29.7 Å². The first kappa shape index (κ1) is 24.6. The van der Waals surface area contributed by atoms with Crippen LogP contribution in [0.25, 0.3) is 10.8 Å². The normalized spacial score (nSPS) is 17.3. The van der Waals surface area contributed by atoms with Crippen LogP contribution in [0.5, 0.6) is 0 Å². The monoisotopic (exact) mass is 494 g/mol. The lowest BCUT2D eigenvalue weighted by atomic mass is 10.1. The molecule has 0 saturated carbocycles. The Bertz CT molecular complexity index is 1400. The molecule has 0 N–H and O–H groups in total. The fourth-order valence-electron chi connectivity index (χ4n) is 4.29. The number of fused-ring (bicyclic) bond motifs is 1. The van der Waals surface area contributed by atoms with E-state index in [0.29, 0.717) is 6.42 Å². The zero-order chi connectivity index (χ0) is 25.3. The van der Waals surface area contributed by atoms with Crippen LogP contribution in [0.4, 0.5) is 5.69 Å². The number of amides is 2. The predicted octanol–water partition coefficient (Wildman–Crippen LogP) is 3.75. The molecule has 1 saturated heterocycles. The van der Waals surface area contributed by atoms with Gasteiger partial charge in [0.15, 0.2) is 0 Å².